The number of nitrogens with two attached hydrogens (primary N) is 1. The van der Waals surface area contributed by atoms with E-state index < -0.39 is 0 Å². The third-order valence-corrected chi connectivity index (χ3v) is 10.1. The van der Waals surface area contributed by atoms with Gasteiger partial charge in [0.25, 0.3) is 5.91 Å². The molecule has 2 amide bonds. The van der Waals surface area contributed by atoms with E-state index in [1.54, 1.807) is 25.2 Å². The van der Waals surface area contributed by atoms with Crippen LogP contribution in [-0.4, -0.2) is 75.3 Å². The second kappa shape index (κ2) is 11.8. The van der Waals surface area contributed by atoms with E-state index in [-0.39, 0.29) is 35.9 Å². The molecule has 2 aliphatic heterocycles. The molecule has 3 N–H and O–H groups in total. The van der Waals surface area contributed by atoms with E-state index in [2.05, 4.69) is 22.0 Å². The van der Waals surface area contributed by atoms with Gasteiger partial charge in [-0.3, -0.25) is 9.59 Å². The fraction of sp³-hybridized carbons (Fsp3) is 0.529. The second-order valence-corrected chi connectivity index (χ2v) is 13.0. The van der Waals surface area contributed by atoms with Crippen LogP contribution in [0, 0.1) is 11.8 Å². The number of aryl methyl sites for hydroxylation is 2. The SMILES string of the molecule is COc1cc(C(=O)N2CC[C@@H](OC)[C@@H](N)C2)cc2nc(-c3cc4ccc5nc4n3CCCCC[C@H]3C[C@H]3C(=O)N[C@@H]5C)n(C)c12. The van der Waals surface area contributed by atoms with Crippen LogP contribution >= 0.6 is 0 Å². The zero-order valence-electron chi connectivity index (χ0n) is 26.6. The summed E-state index contributed by atoms with van der Waals surface area (Å²) in [6, 6.07) is 9.49. The Labute approximate surface area is 263 Å². The number of nitrogens with one attached hydrogen (secondary N) is 1. The summed E-state index contributed by atoms with van der Waals surface area (Å²) >= 11 is 0. The van der Waals surface area contributed by atoms with Gasteiger partial charge in [0.1, 0.15) is 16.9 Å². The first-order chi connectivity index (χ1) is 21.8. The smallest absolute Gasteiger partial charge is 0.254 e. The average molecular weight is 614 g/mol. The van der Waals surface area contributed by atoms with Crippen molar-refractivity contribution in [1.29, 1.82) is 0 Å². The van der Waals surface area contributed by atoms with E-state index in [4.69, 9.17) is 25.2 Å². The maximum absolute atomic E-state index is 13.6. The molecule has 2 bridgehead atoms. The normalized spacial score (nSPS) is 25.7. The number of rotatable bonds is 4. The molecule has 238 valence electrons. The third kappa shape index (κ3) is 5.35. The molecule has 1 saturated heterocycles. The van der Waals surface area contributed by atoms with Crippen LogP contribution in [0.1, 0.15) is 67.5 Å². The van der Waals surface area contributed by atoms with Crippen molar-refractivity contribution in [3.05, 3.63) is 41.6 Å². The molecule has 3 aliphatic rings. The molecule has 11 heteroatoms. The predicted molar refractivity (Wildman–Crippen MR) is 172 cm³/mol. The number of carbonyl (C=O) groups is 2. The number of benzene rings is 1. The highest BCUT2D eigenvalue weighted by Gasteiger charge is 2.42. The topological polar surface area (TPSA) is 130 Å². The van der Waals surface area contributed by atoms with Gasteiger partial charge >= 0.3 is 0 Å². The lowest BCUT2D eigenvalue weighted by Crippen LogP contribution is -2.53. The number of fused-ring (bicyclic) bond motifs is 3. The summed E-state index contributed by atoms with van der Waals surface area (Å²) in [5.74, 6) is 2.09. The number of ether oxygens (including phenoxy) is 2. The molecule has 5 atom stereocenters. The summed E-state index contributed by atoms with van der Waals surface area (Å²) in [4.78, 5) is 38.5. The molecule has 11 nitrogen and oxygen atoms in total. The van der Waals surface area contributed by atoms with Crippen LogP contribution in [0.3, 0.4) is 0 Å². The van der Waals surface area contributed by atoms with Crippen LogP contribution in [0.4, 0.5) is 0 Å². The number of aromatic nitrogens is 4. The fourth-order valence-electron chi connectivity index (χ4n) is 7.37. The van der Waals surface area contributed by atoms with Crippen LogP contribution in [0.25, 0.3) is 33.6 Å². The van der Waals surface area contributed by atoms with E-state index >= 15 is 0 Å². The Balaban J connectivity index is 1.27. The van der Waals surface area contributed by atoms with E-state index in [0.29, 0.717) is 42.3 Å². The van der Waals surface area contributed by atoms with Crippen LogP contribution in [0.15, 0.2) is 30.3 Å². The van der Waals surface area contributed by atoms with Gasteiger partial charge in [0.2, 0.25) is 5.91 Å². The maximum atomic E-state index is 13.6. The van der Waals surface area contributed by atoms with Gasteiger partial charge in [-0.25, -0.2) is 9.97 Å². The number of pyridine rings is 1. The van der Waals surface area contributed by atoms with E-state index in [1.165, 1.54) is 0 Å². The minimum Gasteiger partial charge on any atom is -0.494 e. The molecule has 0 radical (unpaired) electrons. The summed E-state index contributed by atoms with van der Waals surface area (Å²) in [7, 11) is 5.27. The van der Waals surface area contributed by atoms with Crippen molar-refractivity contribution < 1.29 is 19.1 Å². The molecule has 1 aliphatic carbocycles. The van der Waals surface area contributed by atoms with Crippen molar-refractivity contribution in [2.45, 2.75) is 70.2 Å². The fourth-order valence-corrected chi connectivity index (χ4v) is 7.37. The number of amides is 2. The molecule has 5 heterocycles. The molecule has 45 heavy (non-hydrogen) atoms. The number of likely N-dealkylation sites (tertiary alicyclic amines) is 1. The summed E-state index contributed by atoms with van der Waals surface area (Å²) in [5.41, 5.74) is 11.0. The molecule has 2 fully saturated rings. The Kier molecular flexibility index (Phi) is 7.77. The van der Waals surface area contributed by atoms with E-state index in [9.17, 15) is 9.59 Å². The largest absolute Gasteiger partial charge is 0.494 e. The molecule has 3 aromatic heterocycles. The quantitative estimate of drug-likeness (QED) is 0.353. The van der Waals surface area contributed by atoms with Gasteiger partial charge in [0.05, 0.1) is 36.2 Å². The lowest BCUT2D eigenvalue weighted by Gasteiger charge is -2.36. The molecular weight excluding hydrogens is 570 g/mol. The molecule has 7 rings (SSSR count). The summed E-state index contributed by atoms with van der Waals surface area (Å²) in [6.07, 6.45) is 5.97. The standard InChI is InChI=1S/C34H43N7O4/c1-19-25-10-9-21-16-27(41(31(21)37-25)12-7-5-6-8-20-14-23(20)33(42)36-19)32-38-26-15-22(17-29(45-4)30(26)39(32)2)34(43)40-13-11-28(44-3)24(35)18-40/h9-10,15-17,19-20,23-24,28H,5-8,11-14,18,35H2,1-4H3,(H,36,42)/t19-,20+,23-,24+,28-/m1/s1. The number of hydrogen-bond acceptors (Lipinski definition) is 7. The van der Waals surface area contributed by atoms with Gasteiger partial charge in [-0.1, -0.05) is 12.8 Å². The Hall–Kier alpha value is -3.96. The van der Waals surface area contributed by atoms with Crippen LogP contribution in [0.2, 0.25) is 0 Å². The van der Waals surface area contributed by atoms with Gasteiger partial charge < -0.3 is 34.6 Å². The highest BCUT2D eigenvalue weighted by Crippen LogP contribution is 2.43. The highest BCUT2D eigenvalue weighted by atomic mass is 16.5. The van der Waals surface area contributed by atoms with Gasteiger partial charge in [-0.05, 0) is 68.9 Å². The van der Waals surface area contributed by atoms with Crippen molar-refractivity contribution in [3.8, 4) is 17.3 Å². The molecule has 4 aromatic rings. The van der Waals surface area contributed by atoms with Crippen molar-refractivity contribution in [3.63, 3.8) is 0 Å². The van der Waals surface area contributed by atoms with Crippen molar-refractivity contribution >= 4 is 33.9 Å². The van der Waals surface area contributed by atoms with E-state index in [0.717, 1.165) is 72.4 Å². The molecule has 1 saturated carbocycles. The average Bonchev–Trinajstić information content (AvgIpc) is 3.63. The van der Waals surface area contributed by atoms with Crippen molar-refractivity contribution in [1.82, 2.24) is 29.3 Å². The van der Waals surface area contributed by atoms with Crippen molar-refractivity contribution in [2.75, 3.05) is 27.3 Å². The third-order valence-electron chi connectivity index (χ3n) is 10.1. The number of piperidine rings is 1. The minimum atomic E-state index is -0.233. The van der Waals surface area contributed by atoms with Crippen molar-refractivity contribution in [2.24, 2.45) is 24.6 Å². The van der Waals surface area contributed by atoms with Gasteiger partial charge in [0.15, 0.2) is 5.82 Å². The Morgan fingerprint density at radius 3 is 2.69 bits per heavy atom. The van der Waals surface area contributed by atoms with Crippen LogP contribution in [-0.2, 0) is 23.1 Å². The Morgan fingerprint density at radius 1 is 1.07 bits per heavy atom. The Morgan fingerprint density at radius 2 is 1.91 bits per heavy atom. The first kappa shape index (κ1) is 29.7. The lowest BCUT2D eigenvalue weighted by atomic mass is 10.0. The lowest BCUT2D eigenvalue weighted by molar-refractivity contribution is -0.123. The molecule has 1 aromatic carbocycles. The maximum Gasteiger partial charge on any atom is 0.254 e. The summed E-state index contributed by atoms with van der Waals surface area (Å²) < 4.78 is 15.6. The van der Waals surface area contributed by atoms with Gasteiger partial charge in [-0.2, -0.15) is 0 Å². The second-order valence-electron chi connectivity index (χ2n) is 13.0. The summed E-state index contributed by atoms with van der Waals surface area (Å²) in [5, 5.41) is 4.23. The number of nitrogens with zero attached hydrogens (tertiary/aromatic N) is 5. The number of methoxy groups -OCH3 is 2. The van der Waals surface area contributed by atoms with Gasteiger partial charge in [-0.15, -0.1) is 0 Å². The first-order valence-corrected chi connectivity index (χ1v) is 16.2. The Bertz CT molecular complexity index is 1780. The highest BCUT2D eigenvalue weighted by molar-refractivity contribution is 6.00. The van der Waals surface area contributed by atoms with Gasteiger partial charge in [0, 0.05) is 56.7 Å². The zero-order chi connectivity index (χ0) is 31.4. The first-order valence-electron chi connectivity index (χ1n) is 16.2. The molecule has 0 spiro atoms. The van der Waals surface area contributed by atoms with Crippen LogP contribution < -0.4 is 15.8 Å². The number of carbonyl (C=O) groups excluding carboxylic acids is 2. The van der Waals surface area contributed by atoms with E-state index in [1.807, 2.05) is 30.7 Å². The minimum absolute atomic E-state index is 0.0500. The molecular formula is C34H43N7O4. The predicted octanol–water partition coefficient (Wildman–Crippen LogP) is 4.17. The zero-order valence-corrected chi connectivity index (χ0v) is 26.6. The van der Waals surface area contributed by atoms with Crippen LogP contribution in [0.5, 0.6) is 5.75 Å². The number of hydrogen-bond donors (Lipinski definition) is 2. The molecule has 0 unspecified atom stereocenters. The monoisotopic (exact) mass is 613 g/mol. The number of imidazole rings is 1. The summed E-state index contributed by atoms with van der Waals surface area (Å²) in [6.45, 7) is 3.83.